The van der Waals surface area contributed by atoms with Gasteiger partial charge in [-0.3, -0.25) is 0 Å². The van der Waals surface area contributed by atoms with Gasteiger partial charge < -0.3 is 0 Å². The van der Waals surface area contributed by atoms with Crippen molar-refractivity contribution >= 4 is 15.7 Å². The van der Waals surface area contributed by atoms with Crippen molar-refractivity contribution in [2.45, 2.75) is 72.4 Å². The molecule has 1 rings (SSSR count). The third kappa shape index (κ3) is 2.76. The van der Waals surface area contributed by atoms with Crippen LogP contribution < -0.4 is 0 Å². The van der Waals surface area contributed by atoms with Gasteiger partial charge in [-0.1, -0.05) is 59.6 Å². The third-order valence-electron chi connectivity index (χ3n) is 5.87. The molecule has 2 heteroatoms. The molecule has 0 saturated heterocycles. The number of hydrogen-bond donors (Lipinski definition) is 0. The van der Waals surface area contributed by atoms with E-state index in [4.69, 9.17) is 0 Å². The molecular weight excluding hydrogens is 202 g/mol. The summed E-state index contributed by atoms with van der Waals surface area (Å²) in [6.07, 6.45) is 5.54. The average molecular weight is 234 g/mol. The maximum atomic E-state index is 2.57. The van der Waals surface area contributed by atoms with Crippen LogP contribution in [0, 0.1) is 22.7 Å². The van der Waals surface area contributed by atoms with E-state index in [-0.39, 0.29) is 0 Å². The van der Waals surface area contributed by atoms with Crippen LogP contribution in [0.25, 0.3) is 0 Å². The van der Waals surface area contributed by atoms with E-state index in [9.17, 15) is 0 Å². The first-order valence-electron chi connectivity index (χ1n) is 7.54. The van der Waals surface area contributed by atoms with Crippen molar-refractivity contribution in [3.8, 4) is 0 Å². The molecule has 0 radical (unpaired) electrons. The summed E-state index contributed by atoms with van der Waals surface area (Å²) in [4.78, 5) is 0. The Morgan fingerprint density at radius 2 is 1.76 bits per heavy atom. The molecule has 1 fully saturated rings. The van der Waals surface area contributed by atoms with Gasteiger partial charge in [-0.15, -0.1) is 0 Å². The summed E-state index contributed by atoms with van der Waals surface area (Å²) in [6, 6.07) is 0. The number of hydrogen-bond acceptors (Lipinski definition) is 0. The smallest absolute Gasteiger partial charge is 0.0869 e. The van der Waals surface area contributed by atoms with Gasteiger partial charge in [-0.05, 0) is 35.5 Å². The molecule has 98 valence electrons. The minimum atomic E-state index is 0.472. The van der Waals surface area contributed by atoms with E-state index in [0.717, 1.165) is 11.8 Å². The van der Waals surface area contributed by atoms with E-state index in [1.807, 2.05) is 0 Å². The Bertz CT molecular complexity index is 265. The Morgan fingerprint density at radius 3 is 2.18 bits per heavy atom. The van der Waals surface area contributed by atoms with Crippen molar-refractivity contribution in [3.05, 3.63) is 0 Å². The van der Waals surface area contributed by atoms with Crippen LogP contribution in [0.2, 0.25) is 5.21 Å². The standard InChI is InChI=1S/C15H32B2/c1-7-8-14(5)12(10-15(6,16)17)9-11(2)13(14,3)4/h11-12H,7-10,16-17H2,1-6H3. The minimum Gasteiger partial charge on any atom is -0.0869 e. The largest absolute Gasteiger partial charge is 0.0988 e. The molecule has 17 heavy (non-hydrogen) atoms. The molecular formula is C15H32B2. The zero-order chi connectivity index (χ0) is 13.5. The van der Waals surface area contributed by atoms with Gasteiger partial charge in [0.1, 0.15) is 0 Å². The Kier molecular flexibility index (Phi) is 4.17. The normalized spacial score (nSPS) is 37.3. The highest BCUT2D eigenvalue weighted by Crippen LogP contribution is 2.63. The Labute approximate surface area is 111 Å². The van der Waals surface area contributed by atoms with Crippen molar-refractivity contribution in [1.29, 1.82) is 0 Å². The van der Waals surface area contributed by atoms with E-state index in [1.165, 1.54) is 25.7 Å². The van der Waals surface area contributed by atoms with Crippen LogP contribution in [0.5, 0.6) is 0 Å². The summed E-state index contributed by atoms with van der Waals surface area (Å²) in [5, 5.41) is 0.472. The van der Waals surface area contributed by atoms with Gasteiger partial charge in [0.25, 0.3) is 0 Å². The van der Waals surface area contributed by atoms with Gasteiger partial charge in [0.15, 0.2) is 0 Å². The molecule has 0 aliphatic heterocycles. The van der Waals surface area contributed by atoms with Gasteiger partial charge in [0.2, 0.25) is 0 Å². The molecule has 3 unspecified atom stereocenters. The summed E-state index contributed by atoms with van der Waals surface area (Å²) in [5.41, 5.74) is 1.04. The molecule has 0 bridgehead atoms. The zero-order valence-electron chi connectivity index (χ0n) is 13.5. The lowest BCUT2D eigenvalue weighted by Gasteiger charge is -2.45. The van der Waals surface area contributed by atoms with Crippen LogP contribution in [0.3, 0.4) is 0 Å². The molecule has 0 N–H and O–H groups in total. The highest BCUT2D eigenvalue weighted by atomic mass is 14.6. The van der Waals surface area contributed by atoms with Gasteiger partial charge in [-0.2, -0.15) is 0 Å². The second-order valence-electron chi connectivity index (χ2n) is 8.49. The summed E-state index contributed by atoms with van der Waals surface area (Å²) >= 11 is 0. The number of rotatable bonds is 4. The first-order valence-corrected chi connectivity index (χ1v) is 7.54. The summed E-state index contributed by atoms with van der Waals surface area (Å²) in [6.45, 7) is 14.8. The highest BCUT2D eigenvalue weighted by Gasteiger charge is 2.54. The Balaban J connectivity index is 2.98. The predicted octanol–water partition coefficient (Wildman–Crippen LogP) is 3.27. The maximum absolute atomic E-state index is 2.57. The fourth-order valence-corrected chi connectivity index (χ4v) is 4.16. The molecule has 0 heterocycles. The first-order chi connectivity index (χ1) is 7.54. The van der Waals surface area contributed by atoms with Crippen molar-refractivity contribution in [2.75, 3.05) is 0 Å². The quantitative estimate of drug-likeness (QED) is 0.655. The Morgan fingerprint density at radius 1 is 1.24 bits per heavy atom. The molecule has 1 saturated carbocycles. The van der Waals surface area contributed by atoms with Gasteiger partial charge in [0.05, 0.1) is 15.7 Å². The van der Waals surface area contributed by atoms with E-state index in [1.54, 1.807) is 0 Å². The van der Waals surface area contributed by atoms with Crippen molar-refractivity contribution in [3.63, 3.8) is 0 Å². The average Bonchev–Trinajstić information content (AvgIpc) is 2.27. The highest BCUT2D eigenvalue weighted by molar-refractivity contribution is 6.39. The van der Waals surface area contributed by atoms with Gasteiger partial charge >= 0.3 is 0 Å². The molecule has 0 aromatic rings. The van der Waals surface area contributed by atoms with Crippen LogP contribution in [0.4, 0.5) is 0 Å². The molecule has 0 amide bonds. The van der Waals surface area contributed by atoms with Crippen LogP contribution in [-0.2, 0) is 0 Å². The minimum absolute atomic E-state index is 0.472. The Hall–Kier alpha value is 0.130. The fraction of sp³-hybridized carbons (Fsp3) is 1.00. The molecule has 1 aliphatic rings. The molecule has 0 spiro atoms. The first kappa shape index (κ1) is 15.2. The molecule has 0 aromatic carbocycles. The van der Waals surface area contributed by atoms with Crippen molar-refractivity contribution in [2.24, 2.45) is 22.7 Å². The lowest BCUT2D eigenvalue weighted by molar-refractivity contribution is 0.0466. The van der Waals surface area contributed by atoms with Crippen LogP contribution in [-0.4, -0.2) is 15.7 Å². The van der Waals surface area contributed by atoms with Crippen LogP contribution in [0.15, 0.2) is 0 Å². The van der Waals surface area contributed by atoms with E-state index in [2.05, 4.69) is 57.2 Å². The van der Waals surface area contributed by atoms with Crippen molar-refractivity contribution in [1.82, 2.24) is 0 Å². The van der Waals surface area contributed by atoms with Gasteiger partial charge in [-0.25, -0.2) is 0 Å². The molecule has 3 atom stereocenters. The zero-order valence-corrected chi connectivity index (χ0v) is 13.5. The van der Waals surface area contributed by atoms with E-state index >= 15 is 0 Å². The molecule has 0 aromatic heterocycles. The van der Waals surface area contributed by atoms with Crippen LogP contribution >= 0.6 is 0 Å². The van der Waals surface area contributed by atoms with E-state index in [0.29, 0.717) is 16.0 Å². The summed E-state index contributed by atoms with van der Waals surface area (Å²) in [7, 11) is 4.80. The second-order valence-corrected chi connectivity index (χ2v) is 8.49. The molecule has 0 nitrogen and oxygen atoms in total. The SMILES string of the molecule is BC(B)(C)CC1CC(C)C(C)(C)C1(C)CCC. The second kappa shape index (κ2) is 4.67. The van der Waals surface area contributed by atoms with Crippen molar-refractivity contribution < 1.29 is 0 Å². The summed E-state index contributed by atoms with van der Waals surface area (Å²) in [5.74, 6) is 1.78. The monoisotopic (exact) mass is 234 g/mol. The summed E-state index contributed by atoms with van der Waals surface area (Å²) < 4.78 is 0. The third-order valence-corrected chi connectivity index (χ3v) is 5.87. The lowest BCUT2D eigenvalue weighted by Crippen LogP contribution is -2.38. The fourth-order valence-electron chi connectivity index (χ4n) is 4.16. The predicted molar refractivity (Wildman–Crippen MR) is 84.1 cm³/mol. The lowest BCUT2D eigenvalue weighted by atomic mass is 9.49. The van der Waals surface area contributed by atoms with Gasteiger partial charge in [0, 0.05) is 0 Å². The van der Waals surface area contributed by atoms with E-state index < -0.39 is 0 Å². The molecule has 1 aliphatic carbocycles. The maximum Gasteiger partial charge on any atom is 0.0988 e. The van der Waals surface area contributed by atoms with Crippen LogP contribution in [0.1, 0.15) is 67.2 Å². The topological polar surface area (TPSA) is 0 Å².